The number of carbonyl (C=O) groups is 2. The van der Waals surface area contributed by atoms with Gasteiger partial charge in [-0.15, -0.1) is 0 Å². The highest BCUT2D eigenvalue weighted by molar-refractivity contribution is 5.85. The number of aliphatic carboxylic acids is 2. The van der Waals surface area contributed by atoms with Gasteiger partial charge in [0.25, 0.3) is 0 Å². The Morgan fingerprint density at radius 2 is 1.07 bits per heavy atom. The fourth-order valence-corrected chi connectivity index (χ4v) is 3.19. The van der Waals surface area contributed by atoms with Crippen molar-refractivity contribution in [1.82, 2.24) is 9.97 Å². The SMILES string of the molecule is O=C(O)C(O)Cc1c[nH]c2ccccc12.O=C(O)C(O)Cc1c[nH]c2ccccc12. The predicted molar refractivity (Wildman–Crippen MR) is 111 cm³/mol. The Labute approximate surface area is 171 Å². The Morgan fingerprint density at radius 3 is 1.43 bits per heavy atom. The monoisotopic (exact) mass is 410 g/mol. The highest BCUT2D eigenvalue weighted by Crippen LogP contribution is 2.20. The van der Waals surface area contributed by atoms with Crippen molar-refractivity contribution >= 4 is 33.7 Å². The molecule has 0 aliphatic heterocycles. The second-order valence-corrected chi connectivity index (χ2v) is 6.84. The molecule has 2 aromatic carbocycles. The highest BCUT2D eigenvalue weighted by Gasteiger charge is 2.16. The second kappa shape index (κ2) is 9.25. The first kappa shape index (κ1) is 21.1. The number of aliphatic hydroxyl groups is 2. The molecule has 8 heteroatoms. The van der Waals surface area contributed by atoms with E-state index in [2.05, 4.69) is 9.97 Å². The van der Waals surface area contributed by atoms with Gasteiger partial charge < -0.3 is 30.4 Å². The van der Waals surface area contributed by atoms with Gasteiger partial charge in [0.15, 0.2) is 12.2 Å². The average molecular weight is 410 g/mol. The molecule has 0 radical (unpaired) electrons. The van der Waals surface area contributed by atoms with E-state index in [-0.39, 0.29) is 12.8 Å². The molecule has 0 bridgehead atoms. The zero-order valence-electron chi connectivity index (χ0n) is 15.9. The lowest BCUT2D eigenvalue weighted by atomic mass is 10.1. The van der Waals surface area contributed by atoms with Crippen LogP contribution in [0.2, 0.25) is 0 Å². The summed E-state index contributed by atoms with van der Waals surface area (Å²) in [4.78, 5) is 27.1. The van der Waals surface area contributed by atoms with Crippen LogP contribution in [0.25, 0.3) is 21.8 Å². The van der Waals surface area contributed by atoms with Crippen LogP contribution in [-0.2, 0) is 22.4 Å². The first-order valence-corrected chi connectivity index (χ1v) is 9.28. The Balaban J connectivity index is 0.000000171. The molecule has 30 heavy (non-hydrogen) atoms. The molecule has 0 saturated carbocycles. The topological polar surface area (TPSA) is 147 Å². The predicted octanol–water partition coefficient (Wildman–Crippen LogP) is 2.31. The molecule has 0 aliphatic carbocycles. The number of benzene rings is 2. The lowest BCUT2D eigenvalue weighted by molar-refractivity contribution is -0.147. The Morgan fingerprint density at radius 1 is 0.700 bits per heavy atom. The summed E-state index contributed by atoms with van der Waals surface area (Å²) in [6.07, 6.45) is 1.03. The van der Waals surface area contributed by atoms with E-state index in [1.807, 2.05) is 48.5 Å². The minimum absolute atomic E-state index is 0.124. The molecule has 0 amide bonds. The van der Waals surface area contributed by atoms with Gasteiger partial charge >= 0.3 is 11.9 Å². The summed E-state index contributed by atoms with van der Waals surface area (Å²) in [5.74, 6) is -2.39. The molecule has 2 aromatic heterocycles. The van der Waals surface area contributed by atoms with Gasteiger partial charge in [0.2, 0.25) is 0 Å². The molecule has 0 aliphatic rings. The lowest BCUT2D eigenvalue weighted by Crippen LogP contribution is -2.21. The fraction of sp³-hybridized carbons (Fsp3) is 0.182. The number of fused-ring (bicyclic) bond motifs is 2. The number of aromatic amines is 2. The van der Waals surface area contributed by atoms with E-state index < -0.39 is 24.1 Å². The number of para-hydroxylation sites is 2. The van der Waals surface area contributed by atoms with E-state index >= 15 is 0 Å². The molecule has 6 N–H and O–H groups in total. The third-order valence-electron chi connectivity index (χ3n) is 4.75. The van der Waals surface area contributed by atoms with Gasteiger partial charge in [0, 0.05) is 47.0 Å². The van der Waals surface area contributed by atoms with E-state index in [0.717, 1.165) is 32.9 Å². The van der Waals surface area contributed by atoms with E-state index in [1.54, 1.807) is 12.4 Å². The van der Waals surface area contributed by atoms with E-state index in [1.165, 1.54) is 0 Å². The number of aromatic nitrogens is 2. The van der Waals surface area contributed by atoms with Crippen LogP contribution in [0.15, 0.2) is 60.9 Å². The molecule has 2 atom stereocenters. The van der Waals surface area contributed by atoms with Crippen molar-refractivity contribution in [2.24, 2.45) is 0 Å². The Kier molecular flexibility index (Phi) is 6.51. The number of carboxylic acids is 2. The maximum absolute atomic E-state index is 10.5. The molecule has 0 spiro atoms. The van der Waals surface area contributed by atoms with Gasteiger partial charge in [-0.3, -0.25) is 0 Å². The van der Waals surface area contributed by atoms with Gasteiger partial charge in [-0.05, 0) is 23.3 Å². The van der Waals surface area contributed by atoms with Crippen molar-refractivity contribution in [1.29, 1.82) is 0 Å². The van der Waals surface area contributed by atoms with E-state index in [4.69, 9.17) is 10.2 Å². The maximum Gasteiger partial charge on any atom is 0.332 e. The smallest absolute Gasteiger partial charge is 0.332 e. The van der Waals surface area contributed by atoms with Crippen molar-refractivity contribution in [3.63, 3.8) is 0 Å². The largest absolute Gasteiger partial charge is 0.479 e. The third-order valence-corrected chi connectivity index (χ3v) is 4.75. The Bertz CT molecular complexity index is 1070. The summed E-state index contributed by atoms with van der Waals surface area (Å²) in [6, 6.07) is 15.2. The van der Waals surface area contributed by atoms with Gasteiger partial charge in [0.05, 0.1) is 0 Å². The number of carboxylic acid groups (broad SMARTS) is 2. The second-order valence-electron chi connectivity index (χ2n) is 6.84. The molecule has 8 nitrogen and oxygen atoms in total. The zero-order chi connectivity index (χ0) is 21.7. The first-order chi connectivity index (χ1) is 14.4. The van der Waals surface area contributed by atoms with Crippen molar-refractivity contribution < 1.29 is 30.0 Å². The highest BCUT2D eigenvalue weighted by atomic mass is 16.4. The third kappa shape index (κ3) is 4.86. The maximum atomic E-state index is 10.5. The van der Waals surface area contributed by atoms with Crippen LogP contribution >= 0.6 is 0 Å². The fourth-order valence-electron chi connectivity index (χ4n) is 3.19. The minimum atomic E-state index is -1.34. The summed E-state index contributed by atoms with van der Waals surface area (Å²) in [5, 5.41) is 37.6. The van der Waals surface area contributed by atoms with Crippen molar-refractivity contribution in [2.45, 2.75) is 25.0 Å². The van der Waals surface area contributed by atoms with Crippen molar-refractivity contribution in [3.8, 4) is 0 Å². The number of rotatable bonds is 6. The van der Waals surface area contributed by atoms with Crippen LogP contribution < -0.4 is 0 Å². The van der Waals surface area contributed by atoms with Crippen molar-refractivity contribution in [3.05, 3.63) is 72.1 Å². The molecule has 2 heterocycles. The molecule has 0 fully saturated rings. The molecule has 0 saturated heterocycles. The van der Waals surface area contributed by atoms with Crippen LogP contribution in [-0.4, -0.2) is 54.5 Å². The number of hydrogen-bond donors (Lipinski definition) is 6. The van der Waals surface area contributed by atoms with Crippen LogP contribution in [0, 0.1) is 0 Å². The number of nitrogens with one attached hydrogen (secondary N) is 2. The van der Waals surface area contributed by atoms with Gasteiger partial charge in [-0.25, -0.2) is 9.59 Å². The van der Waals surface area contributed by atoms with Crippen LogP contribution in [0.1, 0.15) is 11.1 Å². The van der Waals surface area contributed by atoms with Gasteiger partial charge in [-0.1, -0.05) is 36.4 Å². The number of H-pyrrole nitrogens is 2. The quantitative estimate of drug-likeness (QED) is 0.287. The molecule has 2 unspecified atom stereocenters. The summed E-state index contributed by atoms with van der Waals surface area (Å²) < 4.78 is 0. The van der Waals surface area contributed by atoms with Crippen LogP contribution in [0.4, 0.5) is 0 Å². The summed E-state index contributed by atoms with van der Waals surface area (Å²) in [6.45, 7) is 0. The summed E-state index contributed by atoms with van der Waals surface area (Å²) >= 11 is 0. The number of hydrogen-bond acceptors (Lipinski definition) is 4. The molecule has 4 aromatic rings. The van der Waals surface area contributed by atoms with Crippen molar-refractivity contribution in [2.75, 3.05) is 0 Å². The standard InChI is InChI=1S/2C11H11NO3/c2*13-10(11(14)15)5-7-6-12-9-4-2-1-3-8(7)9/h2*1-4,6,10,12-13H,5H2,(H,14,15). The van der Waals surface area contributed by atoms with Crippen LogP contribution in [0.5, 0.6) is 0 Å². The minimum Gasteiger partial charge on any atom is -0.479 e. The summed E-state index contributed by atoms with van der Waals surface area (Å²) in [5.41, 5.74) is 3.54. The van der Waals surface area contributed by atoms with Gasteiger partial charge in [0.1, 0.15) is 0 Å². The Hall–Kier alpha value is -3.62. The van der Waals surface area contributed by atoms with Crippen LogP contribution in [0.3, 0.4) is 0 Å². The molecular formula is C22H22N2O6. The number of aliphatic hydroxyl groups excluding tert-OH is 2. The zero-order valence-corrected chi connectivity index (χ0v) is 15.9. The molecule has 4 rings (SSSR count). The molecular weight excluding hydrogens is 388 g/mol. The lowest BCUT2D eigenvalue weighted by Gasteiger charge is -2.03. The van der Waals surface area contributed by atoms with Gasteiger partial charge in [-0.2, -0.15) is 0 Å². The average Bonchev–Trinajstić information content (AvgIpc) is 3.33. The summed E-state index contributed by atoms with van der Waals surface area (Å²) in [7, 11) is 0. The molecule has 156 valence electrons. The van der Waals surface area contributed by atoms with E-state index in [9.17, 15) is 19.8 Å². The first-order valence-electron chi connectivity index (χ1n) is 9.28. The van der Waals surface area contributed by atoms with E-state index in [0.29, 0.717) is 0 Å². The normalized spacial score (nSPS) is 12.9.